The molecule has 0 aliphatic heterocycles. The smallest absolute Gasteiger partial charge is 0.407 e. The van der Waals surface area contributed by atoms with E-state index in [0.29, 0.717) is 5.69 Å². The van der Waals surface area contributed by atoms with Crippen LogP contribution in [0.15, 0.2) is 72.8 Å². The van der Waals surface area contributed by atoms with E-state index in [2.05, 4.69) is 34.9 Å². The second-order valence-corrected chi connectivity index (χ2v) is 8.14. The fraction of sp³-hybridized carbons (Fsp3) is 0.222. The van der Waals surface area contributed by atoms with Crippen LogP contribution in [0.25, 0.3) is 11.1 Å². The van der Waals surface area contributed by atoms with E-state index in [1.54, 1.807) is 12.1 Å². The third kappa shape index (κ3) is 5.50. The Morgan fingerprint density at radius 2 is 1.60 bits per heavy atom. The number of hydrogen-bond donors (Lipinski definition) is 3. The summed E-state index contributed by atoms with van der Waals surface area (Å²) in [5, 5.41) is 14.4. The van der Waals surface area contributed by atoms with Gasteiger partial charge in [-0.3, -0.25) is 4.79 Å². The van der Waals surface area contributed by atoms with E-state index in [0.717, 1.165) is 22.3 Å². The van der Waals surface area contributed by atoms with Gasteiger partial charge in [-0.2, -0.15) is 0 Å². The molecule has 0 radical (unpaired) electrons. The molecule has 3 aromatic carbocycles. The Kier molecular flexibility index (Phi) is 7.42. The summed E-state index contributed by atoms with van der Waals surface area (Å²) in [7, 11) is 1.39. The highest BCUT2D eigenvalue weighted by Gasteiger charge is 2.29. The van der Waals surface area contributed by atoms with E-state index < -0.39 is 24.1 Å². The number of nitrogens with one attached hydrogen (secondary N) is 2. The molecular weight excluding hydrogens is 448 g/mol. The molecule has 0 aromatic heterocycles. The van der Waals surface area contributed by atoms with Crippen LogP contribution in [-0.4, -0.2) is 49.4 Å². The number of benzene rings is 3. The maximum absolute atomic E-state index is 12.5. The molecule has 0 heterocycles. The number of methoxy groups -OCH3 is 1. The summed E-state index contributed by atoms with van der Waals surface area (Å²) in [6, 6.07) is 22.1. The first-order valence-electron chi connectivity index (χ1n) is 11.2. The van der Waals surface area contributed by atoms with Gasteiger partial charge in [0, 0.05) is 31.7 Å². The van der Waals surface area contributed by atoms with Gasteiger partial charge in [0.25, 0.3) is 5.91 Å². The molecule has 35 heavy (non-hydrogen) atoms. The number of carboxylic acid groups (broad SMARTS) is 1. The molecule has 3 aromatic rings. The molecule has 1 unspecified atom stereocenters. The van der Waals surface area contributed by atoms with Crippen LogP contribution >= 0.6 is 0 Å². The Labute approximate surface area is 202 Å². The van der Waals surface area contributed by atoms with Crippen LogP contribution in [0.1, 0.15) is 33.8 Å². The molecule has 0 spiro atoms. The number of alkyl carbamates (subject to hydrolysis) is 1. The Hall–Kier alpha value is -4.17. The van der Waals surface area contributed by atoms with Crippen molar-refractivity contribution in [1.82, 2.24) is 5.32 Å². The van der Waals surface area contributed by atoms with Crippen molar-refractivity contribution in [1.29, 1.82) is 0 Å². The number of carboxylic acids is 1. The van der Waals surface area contributed by atoms with Crippen molar-refractivity contribution in [3.05, 3.63) is 89.5 Å². The van der Waals surface area contributed by atoms with Crippen LogP contribution < -0.4 is 10.6 Å². The van der Waals surface area contributed by atoms with Gasteiger partial charge in [-0.25, -0.2) is 9.59 Å². The average Bonchev–Trinajstić information content (AvgIpc) is 3.19. The second kappa shape index (κ2) is 10.8. The molecule has 2 amide bonds. The molecule has 4 rings (SSSR count). The van der Waals surface area contributed by atoms with E-state index in [4.69, 9.17) is 14.6 Å². The minimum Gasteiger partial charge on any atom is -0.478 e. The molecule has 8 heteroatoms. The summed E-state index contributed by atoms with van der Waals surface area (Å²) in [4.78, 5) is 35.9. The van der Waals surface area contributed by atoms with Crippen molar-refractivity contribution >= 4 is 23.7 Å². The van der Waals surface area contributed by atoms with E-state index in [9.17, 15) is 14.4 Å². The zero-order valence-corrected chi connectivity index (χ0v) is 19.2. The van der Waals surface area contributed by atoms with Crippen LogP contribution in [0, 0.1) is 0 Å². The fourth-order valence-corrected chi connectivity index (χ4v) is 4.26. The van der Waals surface area contributed by atoms with Gasteiger partial charge in [0.05, 0.1) is 5.56 Å². The summed E-state index contributed by atoms with van der Waals surface area (Å²) in [6.07, 6.45) is -1.20. The number of rotatable bonds is 9. The number of hydrogen-bond acceptors (Lipinski definition) is 5. The van der Waals surface area contributed by atoms with Gasteiger partial charge in [0.15, 0.2) is 0 Å². The number of fused-ring (bicyclic) bond motifs is 3. The van der Waals surface area contributed by atoms with Gasteiger partial charge in [0.1, 0.15) is 12.7 Å². The van der Waals surface area contributed by atoms with Gasteiger partial charge in [-0.05, 0) is 40.5 Å². The van der Waals surface area contributed by atoms with Crippen molar-refractivity contribution in [2.45, 2.75) is 18.4 Å². The van der Waals surface area contributed by atoms with Crippen LogP contribution in [0.3, 0.4) is 0 Å². The number of amides is 2. The summed E-state index contributed by atoms with van der Waals surface area (Å²) >= 11 is 0. The van der Waals surface area contributed by atoms with Crippen LogP contribution in [0.4, 0.5) is 10.5 Å². The van der Waals surface area contributed by atoms with Crippen molar-refractivity contribution in [2.24, 2.45) is 0 Å². The van der Waals surface area contributed by atoms with E-state index in [1.165, 1.54) is 19.2 Å². The van der Waals surface area contributed by atoms with Gasteiger partial charge in [0.2, 0.25) is 0 Å². The maximum atomic E-state index is 12.5. The number of anilines is 1. The number of aromatic carboxylic acids is 1. The molecule has 0 saturated carbocycles. The molecule has 1 aliphatic rings. The molecule has 8 nitrogen and oxygen atoms in total. The van der Waals surface area contributed by atoms with Gasteiger partial charge < -0.3 is 25.2 Å². The Bertz CT molecular complexity index is 1200. The number of ether oxygens (including phenoxy) is 2. The zero-order valence-electron chi connectivity index (χ0n) is 19.2. The fourth-order valence-electron chi connectivity index (χ4n) is 4.26. The number of carbonyl (C=O) groups is 3. The minimum atomic E-state index is -1.09. The third-order valence-corrected chi connectivity index (χ3v) is 5.97. The van der Waals surface area contributed by atoms with Crippen LogP contribution in [0.2, 0.25) is 0 Å². The molecule has 0 bridgehead atoms. The molecule has 180 valence electrons. The molecular formula is C27H26N2O6. The lowest BCUT2D eigenvalue weighted by atomic mass is 9.98. The molecule has 1 aliphatic carbocycles. The summed E-state index contributed by atoms with van der Waals surface area (Å²) in [6.45, 7) is 0.367. The topological polar surface area (TPSA) is 114 Å². The summed E-state index contributed by atoms with van der Waals surface area (Å²) < 4.78 is 10.7. The molecule has 1 atom stereocenters. The first kappa shape index (κ1) is 24.0. The predicted molar refractivity (Wildman–Crippen MR) is 131 cm³/mol. The lowest BCUT2D eigenvalue weighted by Gasteiger charge is -2.17. The van der Waals surface area contributed by atoms with Crippen LogP contribution in [-0.2, 0) is 14.3 Å². The van der Waals surface area contributed by atoms with Crippen molar-refractivity contribution in [2.75, 3.05) is 25.6 Å². The zero-order chi connectivity index (χ0) is 24.8. The van der Waals surface area contributed by atoms with Gasteiger partial charge in [-0.15, -0.1) is 0 Å². The highest BCUT2D eigenvalue weighted by atomic mass is 16.5. The van der Waals surface area contributed by atoms with Crippen molar-refractivity contribution in [3.63, 3.8) is 0 Å². The SMILES string of the molecule is COC(CCNC(=O)OCC1c2ccccc2-c2ccccc21)C(=O)Nc1cccc(C(=O)O)c1. The maximum Gasteiger partial charge on any atom is 0.407 e. The highest BCUT2D eigenvalue weighted by Crippen LogP contribution is 2.44. The molecule has 3 N–H and O–H groups in total. The first-order chi connectivity index (χ1) is 17.0. The third-order valence-electron chi connectivity index (χ3n) is 5.97. The van der Waals surface area contributed by atoms with Crippen LogP contribution in [0.5, 0.6) is 0 Å². The van der Waals surface area contributed by atoms with E-state index in [1.807, 2.05) is 24.3 Å². The Morgan fingerprint density at radius 1 is 0.943 bits per heavy atom. The highest BCUT2D eigenvalue weighted by molar-refractivity contribution is 5.96. The van der Waals surface area contributed by atoms with Crippen molar-refractivity contribution < 1.29 is 29.0 Å². The lowest BCUT2D eigenvalue weighted by molar-refractivity contribution is -0.126. The van der Waals surface area contributed by atoms with E-state index in [-0.39, 0.29) is 31.1 Å². The van der Waals surface area contributed by atoms with Gasteiger partial charge in [-0.1, -0.05) is 54.6 Å². The van der Waals surface area contributed by atoms with Gasteiger partial charge >= 0.3 is 12.1 Å². The quantitative estimate of drug-likeness (QED) is 0.427. The van der Waals surface area contributed by atoms with Crippen molar-refractivity contribution in [3.8, 4) is 11.1 Å². The predicted octanol–water partition coefficient (Wildman–Crippen LogP) is 4.27. The summed E-state index contributed by atoms with van der Waals surface area (Å²) in [5.74, 6) is -1.56. The Morgan fingerprint density at radius 3 is 2.23 bits per heavy atom. The molecule has 0 saturated heterocycles. The largest absolute Gasteiger partial charge is 0.478 e. The summed E-state index contributed by atoms with van der Waals surface area (Å²) in [5.41, 5.74) is 4.98. The lowest BCUT2D eigenvalue weighted by Crippen LogP contribution is -2.35. The second-order valence-electron chi connectivity index (χ2n) is 8.14. The minimum absolute atomic E-state index is 0.0350. The average molecular weight is 475 g/mol. The normalized spacial score (nSPS) is 12.8. The first-order valence-corrected chi connectivity index (χ1v) is 11.2. The Balaban J connectivity index is 1.27. The monoisotopic (exact) mass is 474 g/mol. The number of carbonyl (C=O) groups excluding carboxylic acids is 2. The molecule has 0 fully saturated rings. The van der Waals surface area contributed by atoms with E-state index >= 15 is 0 Å². The standard InChI is InChI=1S/C27H26N2O6/c1-34-24(25(30)29-18-8-6-7-17(15-18)26(31)32)13-14-28-27(33)35-16-23-21-11-4-2-9-19(21)20-10-3-5-12-22(20)23/h2-12,15,23-24H,13-14,16H2,1H3,(H,28,33)(H,29,30)(H,31,32).